The van der Waals surface area contributed by atoms with Gasteiger partial charge >= 0.3 is 6.18 Å². The third-order valence-electron chi connectivity index (χ3n) is 4.35. The number of nitrogen functional groups attached to an aromatic ring is 1. The maximum Gasteiger partial charge on any atom is 0.417 e. The highest BCUT2D eigenvalue weighted by Crippen LogP contribution is 2.42. The molecule has 4 nitrogen and oxygen atoms in total. The van der Waals surface area contributed by atoms with Gasteiger partial charge in [-0.1, -0.05) is 13.8 Å². The van der Waals surface area contributed by atoms with Crippen molar-refractivity contribution in [1.82, 2.24) is 4.98 Å². The summed E-state index contributed by atoms with van der Waals surface area (Å²) in [4.78, 5) is 15.1. The number of carbonyl (C=O) groups excluding carboxylic acids is 1. The zero-order valence-corrected chi connectivity index (χ0v) is 15.5. The van der Waals surface area contributed by atoms with E-state index in [1.165, 1.54) is 0 Å². The van der Waals surface area contributed by atoms with Gasteiger partial charge in [0.2, 0.25) is 5.88 Å². The van der Waals surface area contributed by atoms with E-state index >= 15 is 0 Å². The van der Waals surface area contributed by atoms with Crippen LogP contribution in [0.5, 0.6) is 5.88 Å². The first-order chi connectivity index (χ1) is 13.0. The molecule has 1 heterocycles. The Bertz CT molecular complexity index is 893. The van der Waals surface area contributed by atoms with Gasteiger partial charge in [-0.3, -0.25) is 4.79 Å². The molecule has 0 radical (unpaired) electrons. The predicted molar refractivity (Wildman–Crippen MR) is 94.1 cm³/mol. The van der Waals surface area contributed by atoms with Crippen molar-refractivity contribution in [3.63, 3.8) is 0 Å². The van der Waals surface area contributed by atoms with Crippen LogP contribution in [0.2, 0.25) is 0 Å². The molecule has 0 aliphatic carbocycles. The summed E-state index contributed by atoms with van der Waals surface area (Å²) in [5.41, 5.74) is 1.02. The van der Waals surface area contributed by atoms with E-state index < -0.39 is 45.9 Å². The highest BCUT2D eigenvalue weighted by molar-refractivity contribution is 5.81. The minimum atomic E-state index is -4.98. The Morgan fingerprint density at radius 3 is 2.32 bits per heavy atom. The van der Waals surface area contributed by atoms with Crippen LogP contribution >= 0.6 is 0 Å². The van der Waals surface area contributed by atoms with Crippen molar-refractivity contribution in [3.8, 4) is 17.1 Å². The zero-order chi connectivity index (χ0) is 21.2. The molecular formula is C19H19F5N2O2. The fourth-order valence-corrected chi connectivity index (χ4v) is 2.84. The number of benzene rings is 1. The van der Waals surface area contributed by atoms with Gasteiger partial charge in [-0.15, -0.1) is 0 Å². The average Bonchev–Trinajstić information content (AvgIpc) is 2.63. The number of ether oxygens (including phenoxy) is 1. The SMILES string of the molecule is CCC(CC)Oc1nc(-c2cc(N)c(F)c(C)c2C(F)(F)F)c(F)cc1C=O. The van der Waals surface area contributed by atoms with Gasteiger partial charge in [0.1, 0.15) is 17.3 Å². The van der Waals surface area contributed by atoms with Crippen LogP contribution in [0.1, 0.15) is 48.2 Å². The molecule has 0 fully saturated rings. The van der Waals surface area contributed by atoms with Gasteiger partial charge in [-0.05, 0) is 37.5 Å². The minimum Gasteiger partial charge on any atom is -0.474 e. The number of halogens is 5. The van der Waals surface area contributed by atoms with Gasteiger partial charge in [0, 0.05) is 5.56 Å². The summed E-state index contributed by atoms with van der Waals surface area (Å²) in [7, 11) is 0. The van der Waals surface area contributed by atoms with Gasteiger partial charge < -0.3 is 10.5 Å². The van der Waals surface area contributed by atoms with E-state index in [4.69, 9.17) is 10.5 Å². The second-order valence-corrected chi connectivity index (χ2v) is 6.21. The third-order valence-corrected chi connectivity index (χ3v) is 4.35. The molecule has 0 bridgehead atoms. The number of nitrogens with two attached hydrogens (primary N) is 1. The summed E-state index contributed by atoms with van der Waals surface area (Å²) < 4.78 is 74.8. The molecule has 0 saturated heterocycles. The van der Waals surface area contributed by atoms with Crippen molar-refractivity contribution in [2.45, 2.75) is 45.9 Å². The molecule has 0 spiro atoms. The van der Waals surface area contributed by atoms with Crippen molar-refractivity contribution >= 4 is 12.0 Å². The van der Waals surface area contributed by atoms with Crippen LogP contribution in [0.25, 0.3) is 11.3 Å². The van der Waals surface area contributed by atoms with Crippen LogP contribution < -0.4 is 10.5 Å². The van der Waals surface area contributed by atoms with E-state index in [0.717, 1.165) is 13.0 Å². The second-order valence-electron chi connectivity index (χ2n) is 6.21. The Kier molecular flexibility index (Phi) is 6.26. The lowest BCUT2D eigenvalue weighted by atomic mass is 9.96. The van der Waals surface area contributed by atoms with Gasteiger partial charge in [0.25, 0.3) is 0 Å². The number of hydrogen-bond donors (Lipinski definition) is 1. The van der Waals surface area contributed by atoms with Crippen molar-refractivity contribution < 1.29 is 31.5 Å². The van der Waals surface area contributed by atoms with Crippen molar-refractivity contribution in [2.24, 2.45) is 0 Å². The first-order valence-corrected chi connectivity index (χ1v) is 8.53. The number of anilines is 1. The molecular weight excluding hydrogens is 383 g/mol. The van der Waals surface area contributed by atoms with E-state index in [2.05, 4.69) is 4.98 Å². The minimum absolute atomic E-state index is 0.242. The second kappa shape index (κ2) is 8.12. The highest BCUT2D eigenvalue weighted by Gasteiger charge is 2.38. The molecule has 1 aromatic heterocycles. The molecule has 0 aliphatic rings. The fourth-order valence-electron chi connectivity index (χ4n) is 2.84. The Hall–Kier alpha value is -2.71. The molecule has 2 aromatic rings. The standard InChI is InChI=1S/C19H19F5N2O2/c1-4-11(5-2)28-18-10(8-27)6-13(20)17(26-18)12-7-14(25)16(21)9(3)15(12)19(22,23)24/h6-8,11H,4-5,25H2,1-3H3. The molecule has 0 saturated carbocycles. The van der Waals surface area contributed by atoms with Gasteiger partial charge in [0.05, 0.1) is 22.9 Å². The van der Waals surface area contributed by atoms with Gasteiger partial charge in [0.15, 0.2) is 6.29 Å². The fraction of sp³-hybridized carbons (Fsp3) is 0.368. The normalized spacial score (nSPS) is 11.8. The number of pyridine rings is 1. The lowest BCUT2D eigenvalue weighted by Crippen LogP contribution is -2.17. The van der Waals surface area contributed by atoms with E-state index in [1.807, 2.05) is 13.8 Å². The Labute approximate surface area is 158 Å². The molecule has 0 amide bonds. The highest BCUT2D eigenvalue weighted by atomic mass is 19.4. The number of aromatic nitrogens is 1. The number of carbonyl (C=O) groups is 1. The molecule has 9 heteroatoms. The largest absolute Gasteiger partial charge is 0.474 e. The lowest BCUT2D eigenvalue weighted by Gasteiger charge is -2.20. The van der Waals surface area contributed by atoms with Crippen LogP contribution in [-0.4, -0.2) is 17.4 Å². The van der Waals surface area contributed by atoms with Crippen LogP contribution in [0.3, 0.4) is 0 Å². The van der Waals surface area contributed by atoms with E-state index in [0.29, 0.717) is 25.2 Å². The summed E-state index contributed by atoms with van der Waals surface area (Å²) in [5, 5.41) is 0. The quantitative estimate of drug-likeness (QED) is 0.404. The first kappa shape index (κ1) is 21.6. The van der Waals surface area contributed by atoms with E-state index in [1.54, 1.807) is 0 Å². The number of aldehydes is 1. The zero-order valence-electron chi connectivity index (χ0n) is 15.5. The van der Waals surface area contributed by atoms with Crippen LogP contribution in [0.15, 0.2) is 12.1 Å². The van der Waals surface area contributed by atoms with Crippen molar-refractivity contribution in [2.75, 3.05) is 5.73 Å². The molecule has 28 heavy (non-hydrogen) atoms. The van der Waals surface area contributed by atoms with E-state index in [9.17, 15) is 26.7 Å². The number of nitrogens with zero attached hydrogens (tertiary/aromatic N) is 1. The Balaban J connectivity index is 2.80. The van der Waals surface area contributed by atoms with Crippen molar-refractivity contribution in [3.05, 3.63) is 40.5 Å². The Morgan fingerprint density at radius 2 is 1.82 bits per heavy atom. The third kappa shape index (κ3) is 4.07. The molecule has 2 N–H and O–H groups in total. The Morgan fingerprint density at radius 1 is 1.21 bits per heavy atom. The molecule has 2 rings (SSSR count). The molecule has 152 valence electrons. The topological polar surface area (TPSA) is 65.2 Å². The van der Waals surface area contributed by atoms with Crippen LogP contribution in [0, 0.1) is 18.6 Å². The first-order valence-electron chi connectivity index (χ1n) is 8.53. The maximum absolute atomic E-state index is 14.6. The van der Waals surface area contributed by atoms with E-state index in [-0.39, 0.29) is 17.5 Å². The van der Waals surface area contributed by atoms with Crippen LogP contribution in [0.4, 0.5) is 27.6 Å². The molecule has 0 aliphatic heterocycles. The van der Waals surface area contributed by atoms with Gasteiger partial charge in [-0.25, -0.2) is 13.8 Å². The smallest absolute Gasteiger partial charge is 0.417 e. The summed E-state index contributed by atoms with van der Waals surface area (Å²) in [6.45, 7) is 4.52. The predicted octanol–water partition coefficient (Wildman–Crippen LogP) is 5.32. The lowest BCUT2D eigenvalue weighted by molar-refractivity contribution is -0.137. The number of rotatable bonds is 6. The molecule has 0 unspecified atom stereocenters. The van der Waals surface area contributed by atoms with Gasteiger partial charge in [-0.2, -0.15) is 13.2 Å². The summed E-state index contributed by atoms with van der Waals surface area (Å²) in [6, 6.07) is 1.42. The maximum atomic E-state index is 14.6. The number of alkyl halides is 3. The summed E-state index contributed by atoms with van der Waals surface area (Å²) in [6.07, 6.45) is -3.97. The number of hydrogen-bond acceptors (Lipinski definition) is 4. The molecule has 0 atom stereocenters. The summed E-state index contributed by atoms with van der Waals surface area (Å²) >= 11 is 0. The monoisotopic (exact) mass is 402 g/mol. The molecule has 1 aromatic carbocycles. The van der Waals surface area contributed by atoms with Crippen LogP contribution in [-0.2, 0) is 6.18 Å². The average molecular weight is 402 g/mol. The summed E-state index contributed by atoms with van der Waals surface area (Å²) in [5.74, 6) is -2.72. The van der Waals surface area contributed by atoms with Crippen molar-refractivity contribution in [1.29, 1.82) is 0 Å².